The summed E-state index contributed by atoms with van der Waals surface area (Å²) < 4.78 is 11.0. The molecule has 0 bridgehead atoms. The van der Waals surface area contributed by atoms with Gasteiger partial charge in [-0.05, 0) is 24.1 Å². The van der Waals surface area contributed by atoms with Crippen molar-refractivity contribution in [3.63, 3.8) is 0 Å². The van der Waals surface area contributed by atoms with Crippen molar-refractivity contribution < 1.29 is 9.47 Å². The fourth-order valence-corrected chi connectivity index (χ4v) is 1.92. The standard InChI is InChI=1S/C16H16N2O2/c1-11-5-3-4-6-13(11)10-20-16-14(18)7-12(9-17)8-15(16)19-2/h3-8H,10,18H2,1-2H3. The molecule has 2 N–H and O–H groups in total. The number of benzene rings is 2. The molecule has 0 unspecified atom stereocenters. The number of hydrogen-bond acceptors (Lipinski definition) is 4. The molecule has 2 aromatic carbocycles. The van der Waals surface area contributed by atoms with Gasteiger partial charge in [0.1, 0.15) is 6.61 Å². The van der Waals surface area contributed by atoms with Crippen LogP contribution in [0.25, 0.3) is 0 Å². The molecule has 0 radical (unpaired) electrons. The number of nitrogens with zero attached hydrogens (tertiary/aromatic N) is 1. The number of hydrogen-bond donors (Lipinski definition) is 1. The van der Waals surface area contributed by atoms with Gasteiger partial charge >= 0.3 is 0 Å². The molecule has 0 heterocycles. The minimum absolute atomic E-state index is 0.398. The monoisotopic (exact) mass is 268 g/mol. The van der Waals surface area contributed by atoms with Gasteiger partial charge in [0.25, 0.3) is 0 Å². The van der Waals surface area contributed by atoms with E-state index in [4.69, 9.17) is 20.5 Å². The SMILES string of the molecule is COc1cc(C#N)cc(N)c1OCc1ccccc1C. The summed E-state index contributed by atoms with van der Waals surface area (Å²) in [5.41, 5.74) is 9.00. The van der Waals surface area contributed by atoms with Gasteiger partial charge in [-0.2, -0.15) is 5.26 Å². The number of methoxy groups -OCH3 is 1. The minimum Gasteiger partial charge on any atom is -0.493 e. The Kier molecular flexibility index (Phi) is 4.11. The van der Waals surface area contributed by atoms with Crippen LogP contribution in [-0.4, -0.2) is 7.11 Å². The fraction of sp³-hybridized carbons (Fsp3) is 0.188. The molecule has 0 amide bonds. The van der Waals surface area contributed by atoms with E-state index in [1.165, 1.54) is 7.11 Å². The van der Waals surface area contributed by atoms with E-state index in [9.17, 15) is 0 Å². The summed E-state index contributed by atoms with van der Waals surface area (Å²) in [5, 5.41) is 8.92. The van der Waals surface area contributed by atoms with E-state index in [0.717, 1.165) is 11.1 Å². The van der Waals surface area contributed by atoms with E-state index in [2.05, 4.69) is 0 Å². The highest BCUT2D eigenvalue weighted by Gasteiger charge is 2.11. The Labute approximate surface area is 118 Å². The lowest BCUT2D eigenvalue weighted by molar-refractivity contribution is 0.285. The van der Waals surface area contributed by atoms with Crippen LogP contribution in [0.4, 0.5) is 5.69 Å². The molecule has 20 heavy (non-hydrogen) atoms. The van der Waals surface area contributed by atoms with Gasteiger partial charge < -0.3 is 15.2 Å². The van der Waals surface area contributed by atoms with Crippen molar-refractivity contribution in [3.05, 3.63) is 53.1 Å². The van der Waals surface area contributed by atoms with Gasteiger partial charge in [-0.1, -0.05) is 24.3 Å². The van der Waals surface area contributed by atoms with Gasteiger partial charge in [-0.3, -0.25) is 0 Å². The lowest BCUT2D eigenvalue weighted by atomic mass is 10.1. The molecular weight excluding hydrogens is 252 g/mol. The number of aryl methyl sites for hydroxylation is 1. The number of ether oxygens (including phenoxy) is 2. The van der Waals surface area contributed by atoms with Crippen molar-refractivity contribution in [2.24, 2.45) is 0 Å². The third kappa shape index (κ3) is 2.83. The summed E-state index contributed by atoms with van der Waals surface area (Å²) >= 11 is 0. The first-order valence-corrected chi connectivity index (χ1v) is 6.20. The number of nitriles is 1. The Morgan fingerprint density at radius 1 is 1.25 bits per heavy atom. The molecule has 0 aliphatic heterocycles. The van der Waals surface area contributed by atoms with Gasteiger partial charge in [0.15, 0.2) is 11.5 Å². The summed E-state index contributed by atoms with van der Waals surface area (Å²) in [7, 11) is 1.52. The highest BCUT2D eigenvalue weighted by Crippen LogP contribution is 2.35. The second-order valence-corrected chi connectivity index (χ2v) is 4.42. The van der Waals surface area contributed by atoms with Gasteiger partial charge in [-0.25, -0.2) is 0 Å². The number of nitrogen functional groups attached to an aromatic ring is 1. The van der Waals surface area contributed by atoms with E-state index < -0.39 is 0 Å². The Bertz CT molecular complexity index is 660. The third-order valence-corrected chi connectivity index (χ3v) is 3.07. The molecule has 2 aromatic rings. The van der Waals surface area contributed by atoms with Crippen LogP contribution in [-0.2, 0) is 6.61 Å². The van der Waals surface area contributed by atoms with Crippen LogP contribution in [0.2, 0.25) is 0 Å². The highest BCUT2D eigenvalue weighted by molar-refractivity contribution is 5.64. The summed E-state index contributed by atoms with van der Waals surface area (Å²) in [6, 6.07) is 13.2. The zero-order valence-electron chi connectivity index (χ0n) is 11.5. The lowest BCUT2D eigenvalue weighted by Gasteiger charge is -2.14. The maximum absolute atomic E-state index is 8.92. The molecule has 4 heteroatoms. The molecule has 2 rings (SSSR count). The Hall–Kier alpha value is -2.67. The summed E-state index contributed by atoms with van der Waals surface area (Å²) in [5.74, 6) is 0.935. The van der Waals surface area contributed by atoms with Crippen LogP contribution in [0.15, 0.2) is 36.4 Å². The first kappa shape index (κ1) is 13.8. The average Bonchev–Trinajstić information content (AvgIpc) is 2.46. The second-order valence-electron chi connectivity index (χ2n) is 4.42. The van der Waals surface area contributed by atoms with Crippen molar-refractivity contribution in [3.8, 4) is 17.6 Å². The van der Waals surface area contributed by atoms with Gasteiger partial charge in [0.05, 0.1) is 24.4 Å². The summed E-state index contributed by atoms with van der Waals surface area (Å²) in [6.45, 7) is 2.43. The first-order chi connectivity index (χ1) is 9.65. The molecule has 0 aliphatic rings. The molecule has 0 aliphatic carbocycles. The van der Waals surface area contributed by atoms with E-state index >= 15 is 0 Å². The van der Waals surface area contributed by atoms with Crippen LogP contribution >= 0.6 is 0 Å². The molecule has 0 aromatic heterocycles. The maximum Gasteiger partial charge on any atom is 0.184 e. The summed E-state index contributed by atoms with van der Waals surface area (Å²) in [4.78, 5) is 0. The quantitative estimate of drug-likeness (QED) is 0.865. The predicted octanol–water partition coefficient (Wildman–Crippen LogP) is 3.04. The van der Waals surface area contributed by atoms with Crippen LogP contribution in [0.3, 0.4) is 0 Å². The second kappa shape index (κ2) is 5.98. The van der Waals surface area contributed by atoms with Gasteiger partial charge in [0.2, 0.25) is 0 Å². The zero-order chi connectivity index (χ0) is 14.5. The number of nitrogens with two attached hydrogens (primary N) is 1. The van der Waals surface area contributed by atoms with Gasteiger partial charge in [0, 0.05) is 6.07 Å². The highest BCUT2D eigenvalue weighted by atomic mass is 16.5. The largest absolute Gasteiger partial charge is 0.493 e. The van der Waals surface area contributed by atoms with Crippen LogP contribution in [0.5, 0.6) is 11.5 Å². The van der Waals surface area contributed by atoms with Crippen LogP contribution in [0.1, 0.15) is 16.7 Å². The topological polar surface area (TPSA) is 68.3 Å². The lowest BCUT2D eigenvalue weighted by Crippen LogP contribution is -2.03. The minimum atomic E-state index is 0.398. The number of rotatable bonds is 4. The van der Waals surface area contributed by atoms with E-state index in [1.54, 1.807) is 12.1 Å². The summed E-state index contributed by atoms with van der Waals surface area (Å²) in [6.07, 6.45) is 0. The Morgan fingerprint density at radius 3 is 2.65 bits per heavy atom. The van der Waals surface area contributed by atoms with Gasteiger partial charge in [-0.15, -0.1) is 0 Å². The van der Waals surface area contributed by atoms with Crippen molar-refractivity contribution in [1.82, 2.24) is 0 Å². The van der Waals surface area contributed by atoms with Crippen molar-refractivity contribution >= 4 is 5.69 Å². The molecule has 102 valence electrons. The molecule has 0 fully saturated rings. The first-order valence-electron chi connectivity index (χ1n) is 6.20. The van der Waals surface area contributed by atoms with Crippen molar-refractivity contribution in [2.45, 2.75) is 13.5 Å². The normalized spacial score (nSPS) is 9.85. The molecular formula is C16H16N2O2. The molecule has 0 spiro atoms. The molecule has 0 saturated heterocycles. The van der Waals surface area contributed by atoms with Crippen LogP contribution in [0, 0.1) is 18.3 Å². The predicted molar refractivity (Wildman–Crippen MR) is 77.6 cm³/mol. The number of anilines is 1. The smallest absolute Gasteiger partial charge is 0.184 e. The van der Waals surface area contributed by atoms with Crippen LogP contribution < -0.4 is 15.2 Å². The molecule has 0 atom stereocenters. The Morgan fingerprint density at radius 2 is 2.00 bits per heavy atom. The third-order valence-electron chi connectivity index (χ3n) is 3.07. The van der Waals surface area contributed by atoms with Crippen molar-refractivity contribution in [2.75, 3.05) is 12.8 Å². The maximum atomic E-state index is 8.92. The van der Waals surface area contributed by atoms with E-state index in [0.29, 0.717) is 29.4 Å². The van der Waals surface area contributed by atoms with Crippen molar-refractivity contribution in [1.29, 1.82) is 5.26 Å². The fourth-order valence-electron chi connectivity index (χ4n) is 1.92. The van der Waals surface area contributed by atoms with E-state index in [1.807, 2.05) is 37.3 Å². The molecule has 0 saturated carbocycles. The molecule has 4 nitrogen and oxygen atoms in total. The van der Waals surface area contributed by atoms with E-state index in [-0.39, 0.29) is 0 Å². The zero-order valence-corrected chi connectivity index (χ0v) is 11.5. The average molecular weight is 268 g/mol. The Balaban J connectivity index is 2.26.